The van der Waals surface area contributed by atoms with E-state index < -0.39 is 21.8 Å². The minimum absolute atomic E-state index is 0.106. The lowest BCUT2D eigenvalue weighted by atomic mass is 9.96. The zero-order valence-corrected chi connectivity index (χ0v) is 15.7. The van der Waals surface area contributed by atoms with Crippen molar-refractivity contribution in [3.05, 3.63) is 77.5 Å². The summed E-state index contributed by atoms with van der Waals surface area (Å²) >= 11 is 0. The third-order valence-electron chi connectivity index (χ3n) is 4.54. The molecule has 1 aliphatic rings. The average molecular weight is 420 g/mol. The number of ether oxygens (including phenoxy) is 1. The van der Waals surface area contributed by atoms with Gasteiger partial charge in [-0.05, 0) is 40.5 Å². The average Bonchev–Trinajstić information content (AvgIpc) is 2.67. The maximum Gasteiger partial charge on any atom is 0.416 e. The van der Waals surface area contributed by atoms with Gasteiger partial charge in [-0.3, -0.25) is 0 Å². The van der Waals surface area contributed by atoms with Crippen LogP contribution in [-0.2, 0) is 28.5 Å². The lowest BCUT2D eigenvalue weighted by Gasteiger charge is -2.20. The molecule has 29 heavy (non-hydrogen) atoms. The smallest absolute Gasteiger partial charge is 0.416 e. The summed E-state index contributed by atoms with van der Waals surface area (Å²) in [6.07, 6.45) is -3.44. The number of alkyl halides is 3. The standard InChI is InChI=1S/C20H15F3N2O3S/c21-20(22,23)15-8-9-24-19(10-15)28-16-6-4-13(5-7-16)17-3-1-2-14-11-25-29(26,27)12-18(14)17/h1-10,25H,11-12H2. The van der Waals surface area contributed by atoms with Crippen LogP contribution in [0.25, 0.3) is 11.1 Å². The minimum atomic E-state index is -4.48. The fraction of sp³-hybridized carbons (Fsp3) is 0.150. The van der Waals surface area contributed by atoms with Crippen LogP contribution in [0.15, 0.2) is 60.8 Å². The maximum atomic E-state index is 12.8. The zero-order valence-electron chi connectivity index (χ0n) is 14.9. The zero-order chi connectivity index (χ0) is 20.6. The molecule has 0 bridgehead atoms. The van der Waals surface area contributed by atoms with Crippen molar-refractivity contribution >= 4 is 10.0 Å². The van der Waals surface area contributed by atoms with Gasteiger partial charge < -0.3 is 4.74 Å². The molecule has 0 aliphatic carbocycles. The van der Waals surface area contributed by atoms with Crippen LogP contribution in [0.4, 0.5) is 13.2 Å². The summed E-state index contributed by atoms with van der Waals surface area (Å²) in [5.74, 6) is 0.0479. The van der Waals surface area contributed by atoms with E-state index in [0.717, 1.165) is 40.6 Å². The molecule has 0 spiro atoms. The van der Waals surface area contributed by atoms with Crippen LogP contribution in [0.1, 0.15) is 16.7 Å². The molecule has 0 radical (unpaired) electrons. The first-order chi connectivity index (χ1) is 13.7. The molecular weight excluding hydrogens is 405 g/mol. The van der Waals surface area contributed by atoms with Crippen LogP contribution in [0, 0.1) is 0 Å². The number of nitrogens with one attached hydrogen (secondary N) is 1. The van der Waals surface area contributed by atoms with Gasteiger partial charge in [0, 0.05) is 18.8 Å². The highest BCUT2D eigenvalue weighted by molar-refractivity contribution is 7.88. The molecule has 1 aliphatic heterocycles. The van der Waals surface area contributed by atoms with Crippen molar-refractivity contribution in [2.75, 3.05) is 0 Å². The van der Waals surface area contributed by atoms with Crippen LogP contribution >= 0.6 is 0 Å². The number of fused-ring (bicyclic) bond motifs is 1. The Kier molecular flexibility index (Phi) is 4.79. The van der Waals surface area contributed by atoms with E-state index in [9.17, 15) is 21.6 Å². The lowest BCUT2D eigenvalue weighted by molar-refractivity contribution is -0.137. The Balaban J connectivity index is 1.60. The Hall–Kier alpha value is -2.91. The highest BCUT2D eigenvalue weighted by Crippen LogP contribution is 2.33. The molecule has 2 heterocycles. The maximum absolute atomic E-state index is 12.8. The molecule has 5 nitrogen and oxygen atoms in total. The summed E-state index contributed by atoms with van der Waals surface area (Å²) in [5, 5.41) is 0. The molecule has 0 atom stereocenters. The first-order valence-electron chi connectivity index (χ1n) is 8.61. The molecule has 4 rings (SSSR count). The van der Waals surface area contributed by atoms with E-state index in [2.05, 4.69) is 9.71 Å². The molecule has 150 valence electrons. The number of pyridine rings is 1. The quantitative estimate of drug-likeness (QED) is 0.678. The molecule has 0 saturated heterocycles. The molecule has 0 unspecified atom stereocenters. The van der Waals surface area contributed by atoms with E-state index in [1.807, 2.05) is 18.2 Å². The largest absolute Gasteiger partial charge is 0.439 e. The summed E-state index contributed by atoms with van der Waals surface area (Å²) in [7, 11) is -3.37. The van der Waals surface area contributed by atoms with Gasteiger partial charge in [0.05, 0.1) is 11.3 Å². The van der Waals surface area contributed by atoms with Gasteiger partial charge >= 0.3 is 6.18 Å². The van der Waals surface area contributed by atoms with E-state index in [4.69, 9.17) is 4.74 Å². The highest BCUT2D eigenvalue weighted by Gasteiger charge is 2.31. The third-order valence-corrected chi connectivity index (χ3v) is 5.79. The molecule has 0 fully saturated rings. The summed E-state index contributed by atoms with van der Waals surface area (Å²) in [6.45, 7) is 0.244. The van der Waals surface area contributed by atoms with Crippen molar-refractivity contribution in [2.24, 2.45) is 0 Å². The number of aromatic nitrogens is 1. The van der Waals surface area contributed by atoms with Crippen LogP contribution in [-0.4, -0.2) is 13.4 Å². The second-order valence-corrected chi connectivity index (χ2v) is 8.34. The molecule has 1 aromatic heterocycles. The molecule has 9 heteroatoms. The Morgan fingerprint density at radius 2 is 1.79 bits per heavy atom. The number of benzene rings is 2. The Morgan fingerprint density at radius 1 is 1.03 bits per heavy atom. The summed E-state index contributed by atoms with van der Waals surface area (Å²) in [6, 6.07) is 13.9. The Labute approximate surface area is 165 Å². The van der Waals surface area contributed by atoms with Gasteiger partial charge in [0.15, 0.2) is 0 Å². The van der Waals surface area contributed by atoms with E-state index >= 15 is 0 Å². The van der Waals surface area contributed by atoms with E-state index in [1.165, 1.54) is 0 Å². The molecular formula is C20H15F3N2O3S. The number of hydrogen-bond donors (Lipinski definition) is 1. The van der Waals surface area contributed by atoms with Gasteiger partial charge in [0.2, 0.25) is 15.9 Å². The Morgan fingerprint density at radius 3 is 2.52 bits per heavy atom. The monoisotopic (exact) mass is 420 g/mol. The van der Waals surface area contributed by atoms with Crippen molar-refractivity contribution < 1.29 is 26.3 Å². The second kappa shape index (κ2) is 7.16. The number of halogens is 3. The summed E-state index contributed by atoms with van der Waals surface area (Å²) < 4.78 is 70.2. The van der Waals surface area contributed by atoms with E-state index in [0.29, 0.717) is 5.75 Å². The van der Waals surface area contributed by atoms with Crippen LogP contribution in [0.5, 0.6) is 11.6 Å². The van der Waals surface area contributed by atoms with Crippen LogP contribution in [0.3, 0.4) is 0 Å². The number of nitrogens with zero attached hydrogens (tertiary/aromatic N) is 1. The molecule has 1 N–H and O–H groups in total. The van der Waals surface area contributed by atoms with Crippen LogP contribution in [0.2, 0.25) is 0 Å². The normalized spacial score (nSPS) is 15.6. The predicted octanol–water partition coefficient (Wildman–Crippen LogP) is 4.49. The van der Waals surface area contributed by atoms with E-state index in [1.54, 1.807) is 24.3 Å². The van der Waals surface area contributed by atoms with Gasteiger partial charge in [0.25, 0.3) is 0 Å². The van der Waals surface area contributed by atoms with Crippen molar-refractivity contribution in [1.29, 1.82) is 0 Å². The first kappa shape index (κ1) is 19.4. The lowest BCUT2D eigenvalue weighted by Crippen LogP contribution is -2.30. The van der Waals surface area contributed by atoms with Gasteiger partial charge in [-0.1, -0.05) is 30.3 Å². The van der Waals surface area contributed by atoms with Crippen molar-refractivity contribution in [3.63, 3.8) is 0 Å². The van der Waals surface area contributed by atoms with E-state index in [-0.39, 0.29) is 18.2 Å². The topological polar surface area (TPSA) is 68.3 Å². The molecule has 3 aromatic rings. The summed E-state index contributed by atoms with van der Waals surface area (Å²) in [5.41, 5.74) is 2.37. The third kappa shape index (κ3) is 4.25. The van der Waals surface area contributed by atoms with Crippen LogP contribution < -0.4 is 9.46 Å². The van der Waals surface area contributed by atoms with Gasteiger partial charge in [-0.25, -0.2) is 18.1 Å². The number of sulfonamides is 1. The second-order valence-electron chi connectivity index (χ2n) is 6.53. The number of rotatable bonds is 3. The SMILES string of the molecule is O=S1(=O)Cc2c(cccc2-c2ccc(Oc3cc(C(F)(F)F)ccn3)cc2)CN1. The van der Waals surface area contributed by atoms with Crippen molar-refractivity contribution in [2.45, 2.75) is 18.5 Å². The number of hydrogen-bond acceptors (Lipinski definition) is 4. The van der Waals surface area contributed by atoms with Crippen molar-refractivity contribution in [1.82, 2.24) is 9.71 Å². The van der Waals surface area contributed by atoms with Gasteiger partial charge in [0.1, 0.15) is 5.75 Å². The van der Waals surface area contributed by atoms with Gasteiger partial charge in [-0.2, -0.15) is 13.2 Å². The summed E-state index contributed by atoms with van der Waals surface area (Å²) in [4.78, 5) is 3.81. The van der Waals surface area contributed by atoms with Crippen molar-refractivity contribution in [3.8, 4) is 22.8 Å². The fourth-order valence-electron chi connectivity index (χ4n) is 3.13. The first-order valence-corrected chi connectivity index (χ1v) is 10.3. The molecule has 2 aromatic carbocycles. The molecule has 0 saturated carbocycles. The fourth-order valence-corrected chi connectivity index (χ4v) is 4.33. The minimum Gasteiger partial charge on any atom is -0.439 e. The highest BCUT2D eigenvalue weighted by atomic mass is 32.2. The molecule has 0 amide bonds. The predicted molar refractivity (Wildman–Crippen MR) is 101 cm³/mol. The Bertz CT molecular complexity index is 1160. The van der Waals surface area contributed by atoms with Gasteiger partial charge in [-0.15, -0.1) is 0 Å².